The second kappa shape index (κ2) is 8.66. The van der Waals surface area contributed by atoms with Crippen LogP contribution in [0.15, 0.2) is 60.7 Å². The van der Waals surface area contributed by atoms with Crippen molar-refractivity contribution >= 4 is 57.0 Å². The first-order valence-electron chi connectivity index (χ1n) is 9.30. The third-order valence-corrected chi connectivity index (χ3v) is 6.03. The molecule has 6 heteroatoms. The van der Waals surface area contributed by atoms with Crippen molar-refractivity contribution in [3.05, 3.63) is 76.3 Å². The molecule has 1 saturated heterocycles. The minimum Gasteiger partial charge on any atom is -0.346 e. The van der Waals surface area contributed by atoms with Crippen LogP contribution in [0.3, 0.4) is 0 Å². The van der Waals surface area contributed by atoms with Gasteiger partial charge in [0, 0.05) is 37.7 Å². The van der Waals surface area contributed by atoms with Gasteiger partial charge >= 0.3 is 0 Å². The molecule has 0 spiro atoms. The van der Waals surface area contributed by atoms with Gasteiger partial charge in [0.2, 0.25) is 0 Å². The second-order valence-electron chi connectivity index (χ2n) is 6.96. The molecule has 0 amide bonds. The topological polar surface area (TPSA) is 18.5 Å². The second-order valence-corrected chi connectivity index (χ2v) is 8.19. The molecule has 0 atom stereocenters. The zero-order valence-electron chi connectivity index (χ0n) is 15.4. The van der Waals surface area contributed by atoms with E-state index in [9.17, 15) is 0 Å². The largest absolute Gasteiger partial charge is 0.346 e. The van der Waals surface area contributed by atoms with Crippen LogP contribution in [0.2, 0.25) is 10.0 Å². The molecule has 1 N–H and O–H groups in total. The summed E-state index contributed by atoms with van der Waals surface area (Å²) in [6.45, 7) is 4.65. The molecule has 1 aliphatic heterocycles. The number of hydrogen-bond donors (Lipinski definition) is 1. The molecular weight excluding hydrogens is 409 g/mol. The molecule has 0 aromatic heterocycles. The molecule has 0 bridgehead atoms. The number of halogens is 2. The predicted molar refractivity (Wildman–Crippen MR) is 123 cm³/mol. The Morgan fingerprint density at radius 1 is 0.929 bits per heavy atom. The first kappa shape index (κ1) is 19.5. The summed E-state index contributed by atoms with van der Waals surface area (Å²) in [5.41, 5.74) is 2.12. The van der Waals surface area contributed by atoms with Gasteiger partial charge in [-0.2, -0.15) is 0 Å². The number of hydrogen-bond acceptors (Lipinski definition) is 2. The maximum atomic E-state index is 6.23. The molecule has 0 saturated carbocycles. The Balaban J connectivity index is 1.36. The molecular formula is C22H21Cl2N3S. The van der Waals surface area contributed by atoms with E-state index < -0.39 is 0 Å². The average molecular weight is 430 g/mol. The summed E-state index contributed by atoms with van der Waals surface area (Å²) in [6.07, 6.45) is 0. The summed E-state index contributed by atoms with van der Waals surface area (Å²) >= 11 is 17.9. The molecule has 4 rings (SSSR count). The normalized spacial score (nSPS) is 15.0. The Morgan fingerprint density at radius 2 is 1.68 bits per heavy atom. The minimum absolute atomic E-state index is 0.612. The number of benzene rings is 3. The predicted octanol–water partition coefficient (Wildman–Crippen LogP) is 5.66. The van der Waals surface area contributed by atoms with E-state index in [1.54, 1.807) is 18.2 Å². The van der Waals surface area contributed by atoms with Crippen LogP contribution in [-0.2, 0) is 6.54 Å². The maximum absolute atomic E-state index is 6.23. The van der Waals surface area contributed by atoms with Gasteiger partial charge in [-0.05, 0) is 46.8 Å². The molecule has 144 valence electrons. The molecule has 3 aromatic carbocycles. The van der Waals surface area contributed by atoms with E-state index in [0.29, 0.717) is 15.2 Å². The van der Waals surface area contributed by atoms with E-state index >= 15 is 0 Å². The molecule has 1 heterocycles. The Kier molecular flexibility index (Phi) is 6.02. The lowest BCUT2D eigenvalue weighted by Crippen LogP contribution is -2.49. The Morgan fingerprint density at radius 3 is 2.50 bits per heavy atom. The van der Waals surface area contributed by atoms with Gasteiger partial charge < -0.3 is 10.2 Å². The van der Waals surface area contributed by atoms with Gasteiger partial charge in [0.05, 0.1) is 10.7 Å². The van der Waals surface area contributed by atoms with Crippen molar-refractivity contribution in [3.8, 4) is 0 Å². The van der Waals surface area contributed by atoms with Gasteiger partial charge in [-0.3, -0.25) is 4.90 Å². The van der Waals surface area contributed by atoms with Crippen LogP contribution in [-0.4, -0.2) is 41.1 Å². The SMILES string of the molecule is S=C(Nc1cc(Cl)ccc1Cl)N1CCN(Cc2cccc3ccccc23)CC1. The van der Waals surface area contributed by atoms with Crippen molar-refractivity contribution in [3.63, 3.8) is 0 Å². The van der Waals surface area contributed by atoms with E-state index in [-0.39, 0.29) is 0 Å². The van der Waals surface area contributed by atoms with Gasteiger partial charge in [0.25, 0.3) is 0 Å². The van der Waals surface area contributed by atoms with Crippen LogP contribution < -0.4 is 5.32 Å². The molecule has 0 unspecified atom stereocenters. The van der Waals surface area contributed by atoms with Crippen LogP contribution in [0.25, 0.3) is 10.8 Å². The summed E-state index contributed by atoms with van der Waals surface area (Å²) in [7, 11) is 0. The van der Waals surface area contributed by atoms with Crippen molar-refractivity contribution < 1.29 is 0 Å². The first-order valence-corrected chi connectivity index (χ1v) is 10.5. The van der Waals surface area contributed by atoms with Gasteiger partial charge in [-0.25, -0.2) is 0 Å². The summed E-state index contributed by atoms with van der Waals surface area (Å²) < 4.78 is 0. The van der Waals surface area contributed by atoms with Crippen molar-refractivity contribution in [2.24, 2.45) is 0 Å². The standard InChI is InChI=1S/C22H21Cl2N3S/c23-18-8-9-20(24)21(14-18)25-22(28)27-12-10-26(11-13-27)15-17-6-3-5-16-4-1-2-7-19(16)17/h1-9,14H,10-13,15H2,(H,25,28). The minimum atomic E-state index is 0.612. The highest BCUT2D eigenvalue weighted by atomic mass is 35.5. The van der Waals surface area contributed by atoms with E-state index in [1.807, 2.05) is 0 Å². The van der Waals surface area contributed by atoms with Crippen LogP contribution in [0.1, 0.15) is 5.56 Å². The molecule has 28 heavy (non-hydrogen) atoms. The number of fused-ring (bicyclic) bond motifs is 1. The fourth-order valence-corrected chi connectivity index (χ4v) is 4.20. The molecule has 3 aromatic rings. The lowest BCUT2D eigenvalue weighted by Gasteiger charge is -2.36. The van der Waals surface area contributed by atoms with Gasteiger partial charge in [-0.15, -0.1) is 0 Å². The Hall–Kier alpha value is -1.85. The lowest BCUT2D eigenvalue weighted by atomic mass is 10.0. The quantitative estimate of drug-likeness (QED) is 0.540. The number of nitrogens with one attached hydrogen (secondary N) is 1. The molecule has 3 nitrogen and oxygen atoms in total. The van der Waals surface area contributed by atoms with Crippen molar-refractivity contribution in [2.75, 3.05) is 31.5 Å². The summed E-state index contributed by atoms with van der Waals surface area (Å²) in [4.78, 5) is 4.67. The number of thiocarbonyl (C=S) groups is 1. The lowest BCUT2D eigenvalue weighted by molar-refractivity contribution is 0.177. The molecule has 0 radical (unpaired) electrons. The van der Waals surface area contributed by atoms with E-state index in [0.717, 1.165) is 38.4 Å². The van der Waals surface area contributed by atoms with Crippen molar-refractivity contribution in [1.29, 1.82) is 0 Å². The maximum Gasteiger partial charge on any atom is 0.173 e. The monoisotopic (exact) mass is 429 g/mol. The van der Waals surface area contributed by atoms with E-state index in [4.69, 9.17) is 35.4 Å². The summed E-state index contributed by atoms with van der Waals surface area (Å²) in [5, 5.41) is 7.79. The third kappa shape index (κ3) is 4.41. The molecule has 1 fully saturated rings. The van der Waals surface area contributed by atoms with Crippen LogP contribution in [0.4, 0.5) is 5.69 Å². The van der Waals surface area contributed by atoms with E-state index in [2.05, 4.69) is 57.6 Å². The van der Waals surface area contributed by atoms with Gasteiger partial charge in [0.15, 0.2) is 5.11 Å². The summed E-state index contributed by atoms with van der Waals surface area (Å²) in [5.74, 6) is 0. The fourth-order valence-electron chi connectivity index (χ4n) is 3.57. The highest BCUT2D eigenvalue weighted by Gasteiger charge is 2.20. The number of rotatable bonds is 3. The highest BCUT2D eigenvalue weighted by Crippen LogP contribution is 2.26. The fraction of sp³-hybridized carbons (Fsp3) is 0.227. The third-order valence-electron chi connectivity index (χ3n) is 5.10. The molecule has 1 aliphatic rings. The van der Waals surface area contributed by atoms with E-state index in [1.165, 1.54) is 16.3 Å². The van der Waals surface area contributed by atoms with Gasteiger partial charge in [0.1, 0.15) is 0 Å². The van der Waals surface area contributed by atoms with Crippen molar-refractivity contribution in [2.45, 2.75) is 6.54 Å². The number of anilines is 1. The van der Waals surface area contributed by atoms with Crippen LogP contribution in [0.5, 0.6) is 0 Å². The Labute approximate surface area is 180 Å². The molecule has 0 aliphatic carbocycles. The van der Waals surface area contributed by atoms with Crippen molar-refractivity contribution in [1.82, 2.24) is 9.80 Å². The smallest absolute Gasteiger partial charge is 0.173 e. The average Bonchev–Trinajstić information content (AvgIpc) is 2.71. The summed E-state index contributed by atoms with van der Waals surface area (Å²) in [6, 6.07) is 20.4. The Bertz CT molecular complexity index is 995. The van der Waals surface area contributed by atoms with Crippen LogP contribution in [0, 0.1) is 0 Å². The van der Waals surface area contributed by atoms with Gasteiger partial charge in [-0.1, -0.05) is 65.7 Å². The zero-order valence-corrected chi connectivity index (χ0v) is 17.7. The number of nitrogens with zero attached hydrogens (tertiary/aromatic N) is 2. The zero-order chi connectivity index (χ0) is 19.5. The first-order chi connectivity index (χ1) is 13.6. The van der Waals surface area contributed by atoms with Crippen LogP contribution >= 0.6 is 35.4 Å². The number of piperazine rings is 1. The highest BCUT2D eigenvalue weighted by molar-refractivity contribution is 7.80.